The van der Waals surface area contributed by atoms with Crippen molar-refractivity contribution in [3.05, 3.63) is 89.0 Å². The lowest BCUT2D eigenvalue weighted by molar-refractivity contribution is -0.112. The number of nitrogens with zero attached hydrogens (tertiary/aromatic N) is 1. The van der Waals surface area contributed by atoms with Gasteiger partial charge >= 0.3 is 0 Å². The molecule has 7 nitrogen and oxygen atoms in total. The van der Waals surface area contributed by atoms with Gasteiger partial charge in [-0.25, -0.2) is 8.42 Å². The molecule has 1 amide bonds. The minimum atomic E-state index is -3.81. The van der Waals surface area contributed by atoms with Gasteiger partial charge in [-0.1, -0.05) is 30.3 Å². The first-order chi connectivity index (χ1) is 16.2. The van der Waals surface area contributed by atoms with E-state index in [1.807, 2.05) is 45.0 Å². The normalized spacial score (nSPS) is 11.4. The number of amides is 1. The topological polar surface area (TPSA) is 108 Å². The van der Waals surface area contributed by atoms with Crippen LogP contribution in [0.4, 0.5) is 11.4 Å². The number of benzene rings is 3. The zero-order valence-corrected chi connectivity index (χ0v) is 19.9. The monoisotopic (exact) mass is 475 g/mol. The number of sulfonamides is 1. The van der Waals surface area contributed by atoms with E-state index < -0.39 is 15.9 Å². The number of para-hydroxylation sites is 1. The molecule has 0 saturated heterocycles. The van der Waals surface area contributed by atoms with E-state index in [4.69, 9.17) is 4.74 Å². The molecule has 0 radical (unpaired) electrons. The maximum atomic E-state index is 12.8. The SMILES string of the molecule is CCOc1ccc(C=C(C#N)C(=O)Nc2ccc(S(=O)(=O)Nc3c(C)cccc3C)cc2)cc1. The zero-order valence-electron chi connectivity index (χ0n) is 19.1. The third-order valence-corrected chi connectivity index (χ3v) is 6.37. The second kappa shape index (κ2) is 10.7. The largest absolute Gasteiger partial charge is 0.494 e. The molecule has 3 aromatic carbocycles. The molecule has 0 bridgehead atoms. The van der Waals surface area contributed by atoms with Gasteiger partial charge in [0.25, 0.3) is 15.9 Å². The lowest BCUT2D eigenvalue weighted by Crippen LogP contribution is -2.16. The first kappa shape index (κ1) is 24.6. The average Bonchev–Trinajstić information content (AvgIpc) is 2.81. The van der Waals surface area contributed by atoms with E-state index in [1.165, 1.54) is 30.3 Å². The molecule has 0 spiro atoms. The van der Waals surface area contributed by atoms with Gasteiger partial charge in [0.2, 0.25) is 0 Å². The Kier molecular flexibility index (Phi) is 7.71. The molecular weight excluding hydrogens is 450 g/mol. The van der Waals surface area contributed by atoms with Crippen LogP contribution in [0.5, 0.6) is 5.75 Å². The van der Waals surface area contributed by atoms with Crippen LogP contribution in [0.1, 0.15) is 23.6 Å². The van der Waals surface area contributed by atoms with Crippen LogP contribution < -0.4 is 14.8 Å². The Morgan fingerprint density at radius 2 is 1.62 bits per heavy atom. The highest BCUT2D eigenvalue weighted by atomic mass is 32.2. The van der Waals surface area contributed by atoms with Crippen LogP contribution >= 0.6 is 0 Å². The van der Waals surface area contributed by atoms with Gasteiger partial charge in [0, 0.05) is 5.69 Å². The fourth-order valence-corrected chi connectivity index (χ4v) is 4.43. The molecule has 0 fully saturated rings. The molecule has 0 heterocycles. The maximum Gasteiger partial charge on any atom is 0.266 e. The highest BCUT2D eigenvalue weighted by molar-refractivity contribution is 7.92. The van der Waals surface area contributed by atoms with Crippen molar-refractivity contribution in [3.63, 3.8) is 0 Å². The van der Waals surface area contributed by atoms with Crippen molar-refractivity contribution in [2.45, 2.75) is 25.7 Å². The smallest absolute Gasteiger partial charge is 0.266 e. The van der Waals surface area contributed by atoms with Crippen LogP contribution in [0.2, 0.25) is 0 Å². The molecule has 8 heteroatoms. The highest BCUT2D eigenvalue weighted by Crippen LogP contribution is 2.24. The minimum Gasteiger partial charge on any atom is -0.494 e. The Morgan fingerprint density at radius 1 is 1.00 bits per heavy atom. The fraction of sp³-hybridized carbons (Fsp3) is 0.154. The first-order valence-corrected chi connectivity index (χ1v) is 12.1. The second-order valence-electron chi connectivity index (χ2n) is 7.52. The Hall–Kier alpha value is -4.09. The quantitative estimate of drug-likeness (QED) is 0.350. The molecule has 34 heavy (non-hydrogen) atoms. The third-order valence-electron chi connectivity index (χ3n) is 5.01. The molecule has 174 valence electrons. The molecular formula is C26H25N3O4S. The van der Waals surface area contributed by atoms with E-state index in [1.54, 1.807) is 24.3 Å². The molecule has 0 unspecified atom stereocenters. The van der Waals surface area contributed by atoms with Crippen LogP contribution in [0.3, 0.4) is 0 Å². The summed E-state index contributed by atoms with van der Waals surface area (Å²) in [4.78, 5) is 12.6. The maximum absolute atomic E-state index is 12.8. The Labute approximate surface area is 199 Å². The number of nitriles is 1. The summed E-state index contributed by atoms with van der Waals surface area (Å²) in [6.07, 6.45) is 1.47. The van der Waals surface area contributed by atoms with Crippen LogP contribution in [0, 0.1) is 25.2 Å². The van der Waals surface area contributed by atoms with Crippen LogP contribution in [-0.2, 0) is 14.8 Å². The molecule has 0 atom stereocenters. The number of anilines is 2. The van der Waals surface area contributed by atoms with Crippen molar-refractivity contribution in [1.82, 2.24) is 0 Å². The van der Waals surface area contributed by atoms with Gasteiger partial charge in [-0.2, -0.15) is 5.26 Å². The van der Waals surface area contributed by atoms with Gasteiger partial charge in [-0.15, -0.1) is 0 Å². The molecule has 0 aliphatic heterocycles. The van der Waals surface area contributed by atoms with Gasteiger partial charge < -0.3 is 10.1 Å². The molecule has 3 aromatic rings. The van der Waals surface area contributed by atoms with Gasteiger partial charge in [0.1, 0.15) is 17.4 Å². The van der Waals surface area contributed by atoms with Gasteiger partial charge in [-0.05, 0) is 79.9 Å². The van der Waals surface area contributed by atoms with Gasteiger partial charge in [0.05, 0.1) is 17.2 Å². The van der Waals surface area contributed by atoms with E-state index in [-0.39, 0.29) is 10.5 Å². The Morgan fingerprint density at radius 3 is 2.18 bits per heavy atom. The van der Waals surface area contributed by atoms with E-state index in [0.717, 1.165) is 11.1 Å². The van der Waals surface area contributed by atoms with Gasteiger partial charge in [0.15, 0.2) is 0 Å². The number of rotatable bonds is 8. The second-order valence-corrected chi connectivity index (χ2v) is 9.21. The van der Waals surface area contributed by atoms with Crippen molar-refractivity contribution in [2.75, 3.05) is 16.6 Å². The molecule has 2 N–H and O–H groups in total. The van der Waals surface area contributed by atoms with Crippen molar-refractivity contribution in [3.8, 4) is 11.8 Å². The predicted octanol–water partition coefficient (Wildman–Crippen LogP) is 5.05. The van der Waals surface area contributed by atoms with Crippen LogP contribution in [0.15, 0.2) is 77.2 Å². The van der Waals surface area contributed by atoms with Crippen molar-refractivity contribution in [1.29, 1.82) is 5.26 Å². The molecule has 3 rings (SSSR count). The Balaban J connectivity index is 1.73. The predicted molar refractivity (Wildman–Crippen MR) is 133 cm³/mol. The number of hydrogen-bond donors (Lipinski definition) is 2. The minimum absolute atomic E-state index is 0.0542. The Bertz CT molecular complexity index is 1330. The van der Waals surface area contributed by atoms with Crippen molar-refractivity contribution in [2.24, 2.45) is 0 Å². The summed E-state index contributed by atoms with van der Waals surface area (Å²) in [7, 11) is -3.81. The summed E-state index contributed by atoms with van der Waals surface area (Å²) in [5, 5.41) is 12.0. The number of carbonyl (C=O) groups excluding carboxylic acids is 1. The summed E-state index contributed by atoms with van der Waals surface area (Å²) in [5.41, 5.74) is 3.13. The van der Waals surface area contributed by atoms with Crippen molar-refractivity contribution >= 4 is 33.4 Å². The van der Waals surface area contributed by atoms with E-state index in [2.05, 4.69) is 10.0 Å². The molecule has 0 aromatic heterocycles. The molecule has 0 aliphatic carbocycles. The van der Waals surface area contributed by atoms with E-state index in [0.29, 0.717) is 29.3 Å². The number of aryl methyl sites for hydroxylation is 2. The fourth-order valence-electron chi connectivity index (χ4n) is 3.23. The zero-order chi connectivity index (χ0) is 24.7. The lowest BCUT2D eigenvalue weighted by atomic mass is 10.1. The number of carbonyl (C=O) groups is 1. The number of ether oxygens (including phenoxy) is 1. The van der Waals surface area contributed by atoms with Crippen LogP contribution in [0.25, 0.3) is 6.08 Å². The van der Waals surface area contributed by atoms with Crippen molar-refractivity contribution < 1.29 is 17.9 Å². The third kappa shape index (κ3) is 6.03. The summed E-state index contributed by atoms with van der Waals surface area (Å²) < 4.78 is 33.6. The highest BCUT2D eigenvalue weighted by Gasteiger charge is 2.17. The summed E-state index contributed by atoms with van der Waals surface area (Å²) in [6, 6.07) is 20.2. The molecule has 0 saturated carbocycles. The summed E-state index contributed by atoms with van der Waals surface area (Å²) in [6.45, 7) is 6.09. The standard InChI is InChI=1S/C26H25N3O4S/c1-4-33-23-12-8-20(9-13-23)16-21(17-27)26(30)28-22-10-14-24(15-11-22)34(31,32)29-25-18(2)6-5-7-19(25)3/h5-16,29H,4H2,1-3H3,(H,28,30). The number of nitrogens with one attached hydrogen (secondary N) is 2. The molecule has 0 aliphatic rings. The first-order valence-electron chi connectivity index (χ1n) is 10.6. The summed E-state index contributed by atoms with van der Waals surface area (Å²) >= 11 is 0. The summed E-state index contributed by atoms with van der Waals surface area (Å²) in [5.74, 6) is 0.102. The number of hydrogen-bond acceptors (Lipinski definition) is 5. The van der Waals surface area contributed by atoms with Gasteiger partial charge in [-0.3, -0.25) is 9.52 Å². The van der Waals surface area contributed by atoms with E-state index >= 15 is 0 Å². The van der Waals surface area contributed by atoms with Crippen LogP contribution in [-0.4, -0.2) is 20.9 Å². The lowest BCUT2D eigenvalue weighted by Gasteiger charge is -2.13. The van der Waals surface area contributed by atoms with E-state index in [9.17, 15) is 18.5 Å². The average molecular weight is 476 g/mol.